The number of rotatable bonds is 8. The Kier molecular flexibility index (Phi) is 7.19. The number of carbonyl (C=O) groups is 2. The zero-order chi connectivity index (χ0) is 23.2. The molecular formula is C26H29N3O4. The van der Waals surface area contributed by atoms with E-state index >= 15 is 0 Å². The lowest BCUT2D eigenvalue weighted by Crippen LogP contribution is -2.36. The van der Waals surface area contributed by atoms with Gasteiger partial charge >= 0.3 is 0 Å². The van der Waals surface area contributed by atoms with Crippen molar-refractivity contribution in [2.24, 2.45) is 0 Å². The van der Waals surface area contributed by atoms with E-state index in [4.69, 9.17) is 9.26 Å². The smallest absolute Gasteiger partial charge is 0.273 e. The van der Waals surface area contributed by atoms with Crippen LogP contribution in [0.3, 0.4) is 0 Å². The summed E-state index contributed by atoms with van der Waals surface area (Å²) in [5, 5.41) is 6.77. The fourth-order valence-corrected chi connectivity index (χ4v) is 3.79. The molecule has 0 saturated carbocycles. The second-order valence-electron chi connectivity index (χ2n) is 8.53. The summed E-state index contributed by atoms with van der Waals surface area (Å²) in [5.41, 5.74) is 4.06. The maximum Gasteiger partial charge on any atom is 0.273 e. The molecule has 0 bridgehead atoms. The molecule has 1 N–H and O–H groups in total. The zero-order valence-corrected chi connectivity index (χ0v) is 19.0. The van der Waals surface area contributed by atoms with Crippen molar-refractivity contribution in [1.29, 1.82) is 0 Å². The third-order valence-corrected chi connectivity index (χ3v) is 5.75. The summed E-state index contributed by atoms with van der Waals surface area (Å²) < 4.78 is 11.2. The van der Waals surface area contributed by atoms with Crippen molar-refractivity contribution in [2.45, 2.75) is 45.9 Å². The number of carbonyl (C=O) groups excluding carboxylic acids is 2. The first-order valence-corrected chi connectivity index (χ1v) is 11.2. The molecule has 0 aliphatic carbocycles. The van der Waals surface area contributed by atoms with Gasteiger partial charge in [0.1, 0.15) is 0 Å². The number of aryl methyl sites for hydroxylation is 2. The van der Waals surface area contributed by atoms with Gasteiger partial charge in [-0.15, -0.1) is 0 Å². The summed E-state index contributed by atoms with van der Waals surface area (Å²) in [6.45, 7) is 5.79. The van der Waals surface area contributed by atoms with Crippen LogP contribution >= 0.6 is 0 Å². The second kappa shape index (κ2) is 10.4. The number of hydrogen-bond acceptors (Lipinski definition) is 5. The molecule has 1 fully saturated rings. The van der Waals surface area contributed by atoms with Crippen molar-refractivity contribution in [1.82, 2.24) is 15.4 Å². The van der Waals surface area contributed by atoms with E-state index in [1.807, 2.05) is 62.4 Å². The number of aromatic nitrogens is 1. The number of hydrogen-bond donors (Lipinski definition) is 1. The SMILES string of the molecule is Cc1ccc(CNC(=O)c2cc(CN(CC3CCCO3)C(=O)c3ccc(C)cc3)on2)cc1. The average molecular weight is 448 g/mol. The summed E-state index contributed by atoms with van der Waals surface area (Å²) in [7, 11) is 0. The molecule has 1 aromatic heterocycles. The van der Waals surface area contributed by atoms with Gasteiger partial charge in [-0.3, -0.25) is 9.59 Å². The van der Waals surface area contributed by atoms with Gasteiger partial charge in [0.25, 0.3) is 11.8 Å². The molecule has 2 heterocycles. The summed E-state index contributed by atoms with van der Waals surface area (Å²) in [5.74, 6) is 0.0299. The molecule has 0 spiro atoms. The summed E-state index contributed by atoms with van der Waals surface area (Å²) in [6, 6.07) is 17.0. The van der Waals surface area contributed by atoms with Gasteiger partial charge in [-0.25, -0.2) is 0 Å². The predicted octanol–water partition coefficient (Wildman–Crippen LogP) is 4.04. The number of amides is 2. The first-order valence-electron chi connectivity index (χ1n) is 11.2. The van der Waals surface area contributed by atoms with Crippen molar-refractivity contribution in [3.63, 3.8) is 0 Å². The monoisotopic (exact) mass is 447 g/mol. The highest BCUT2D eigenvalue weighted by Crippen LogP contribution is 2.18. The number of ether oxygens (including phenoxy) is 1. The van der Waals surface area contributed by atoms with Crippen LogP contribution in [0.4, 0.5) is 0 Å². The van der Waals surface area contributed by atoms with Crippen LogP contribution in [0.1, 0.15) is 56.1 Å². The minimum absolute atomic E-state index is 0.000372. The van der Waals surface area contributed by atoms with Gasteiger partial charge in [-0.1, -0.05) is 52.7 Å². The first-order chi connectivity index (χ1) is 16.0. The first kappa shape index (κ1) is 22.7. The lowest BCUT2D eigenvalue weighted by Gasteiger charge is -2.24. The third kappa shape index (κ3) is 6.08. The van der Waals surface area contributed by atoms with Crippen molar-refractivity contribution < 1.29 is 18.8 Å². The van der Waals surface area contributed by atoms with E-state index < -0.39 is 0 Å². The quantitative estimate of drug-likeness (QED) is 0.563. The average Bonchev–Trinajstić information content (AvgIpc) is 3.50. The van der Waals surface area contributed by atoms with Gasteiger partial charge in [0.15, 0.2) is 11.5 Å². The molecule has 1 atom stereocenters. The van der Waals surface area contributed by atoms with Crippen LogP contribution in [0.5, 0.6) is 0 Å². The van der Waals surface area contributed by atoms with Crippen LogP contribution in [-0.4, -0.2) is 41.1 Å². The van der Waals surface area contributed by atoms with Crippen molar-refractivity contribution in [2.75, 3.05) is 13.2 Å². The van der Waals surface area contributed by atoms with Gasteiger partial charge in [-0.2, -0.15) is 0 Å². The number of benzene rings is 2. The van der Waals surface area contributed by atoms with Crippen LogP contribution in [0.25, 0.3) is 0 Å². The summed E-state index contributed by atoms with van der Waals surface area (Å²) >= 11 is 0. The van der Waals surface area contributed by atoms with Crippen molar-refractivity contribution in [3.8, 4) is 0 Å². The lowest BCUT2D eigenvalue weighted by molar-refractivity contribution is 0.0486. The summed E-state index contributed by atoms with van der Waals surface area (Å²) in [6.07, 6.45) is 1.91. The third-order valence-electron chi connectivity index (χ3n) is 5.75. The molecule has 4 rings (SSSR count). The Morgan fingerprint density at radius 1 is 1.06 bits per heavy atom. The van der Waals surface area contributed by atoms with Crippen LogP contribution < -0.4 is 5.32 Å². The van der Waals surface area contributed by atoms with Gasteiger partial charge in [0, 0.05) is 31.3 Å². The highest BCUT2D eigenvalue weighted by atomic mass is 16.5. The standard InChI is InChI=1S/C26H29N3O4/c1-18-5-9-20(10-6-18)15-27-25(30)24-14-23(33-28-24)17-29(16-22-4-3-13-32-22)26(31)21-11-7-19(2)8-12-21/h5-12,14,22H,3-4,13,15-17H2,1-2H3,(H,27,30). The molecule has 2 amide bonds. The minimum Gasteiger partial charge on any atom is -0.376 e. The van der Waals surface area contributed by atoms with E-state index in [0.29, 0.717) is 31.0 Å². The Bertz CT molecular complexity index is 1080. The van der Waals surface area contributed by atoms with Crippen LogP contribution in [0, 0.1) is 13.8 Å². The van der Waals surface area contributed by atoms with E-state index in [1.54, 1.807) is 11.0 Å². The predicted molar refractivity (Wildman–Crippen MR) is 124 cm³/mol. The Morgan fingerprint density at radius 2 is 1.76 bits per heavy atom. The van der Waals surface area contributed by atoms with Crippen LogP contribution in [0.15, 0.2) is 59.1 Å². The highest BCUT2D eigenvalue weighted by molar-refractivity contribution is 5.94. The summed E-state index contributed by atoms with van der Waals surface area (Å²) in [4.78, 5) is 27.4. The number of nitrogens with zero attached hydrogens (tertiary/aromatic N) is 2. The van der Waals surface area contributed by atoms with Gasteiger partial charge in [-0.05, 0) is 44.4 Å². The van der Waals surface area contributed by atoms with Gasteiger partial charge in [0.2, 0.25) is 0 Å². The van der Waals surface area contributed by atoms with E-state index in [2.05, 4.69) is 10.5 Å². The molecule has 1 aliphatic rings. The Hall–Kier alpha value is -3.45. The van der Waals surface area contributed by atoms with Gasteiger partial charge in [0.05, 0.1) is 12.6 Å². The van der Waals surface area contributed by atoms with E-state index in [1.165, 1.54) is 5.56 Å². The zero-order valence-electron chi connectivity index (χ0n) is 19.0. The lowest BCUT2D eigenvalue weighted by atomic mass is 10.1. The molecule has 1 aliphatic heterocycles. The molecular weight excluding hydrogens is 418 g/mol. The molecule has 2 aromatic carbocycles. The fourth-order valence-electron chi connectivity index (χ4n) is 3.79. The van der Waals surface area contributed by atoms with Crippen LogP contribution in [-0.2, 0) is 17.8 Å². The number of nitrogens with one attached hydrogen (secondary N) is 1. The van der Waals surface area contributed by atoms with Crippen molar-refractivity contribution >= 4 is 11.8 Å². The molecule has 7 heteroatoms. The molecule has 0 radical (unpaired) electrons. The maximum absolute atomic E-state index is 13.2. The van der Waals surface area contributed by atoms with E-state index in [9.17, 15) is 9.59 Å². The van der Waals surface area contributed by atoms with E-state index in [-0.39, 0.29) is 30.2 Å². The minimum atomic E-state index is -0.318. The normalized spacial score (nSPS) is 15.4. The second-order valence-corrected chi connectivity index (χ2v) is 8.53. The maximum atomic E-state index is 13.2. The molecule has 33 heavy (non-hydrogen) atoms. The Labute approximate surface area is 193 Å². The van der Waals surface area contributed by atoms with Crippen LogP contribution in [0.2, 0.25) is 0 Å². The molecule has 1 unspecified atom stereocenters. The molecule has 1 saturated heterocycles. The van der Waals surface area contributed by atoms with Gasteiger partial charge < -0.3 is 19.5 Å². The molecule has 3 aromatic rings. The highest BCUT2D eigenvalue weighted by Gasteiger charge is 2.25. The molecule has 172 valence electrons. The Morgan fingerprint density at radius 3 is 2.42 bits per heavy atom. The topological polar surface area (TPSA) is 84.7 Å². The molecule has 7 nitrogen and oxygen atoms in total. The van der Waals surface area contributed by atoms with E-state index in [0.717, 1.165) is 24.0 Å². The Balaban J connectivity index is 1.42. The fraction of sp³-hybridized carbons (Fsp3) is 0.346. The van der Waals surface area contributed by atoms with Crippen molar-refractivity contribution in [3.05, 3.63) is 88.3 Å². The largest absolute Gasteiger partial charge is 0.376 e.